The molecular weight excluding hydrogens is 326 g/mol. The van der Waals surface area contributed by atoms with Crippen molar-refractivity contribution in [2.45, 2.75) is 26.8 Å². The van der Waals surface area contributed by atoms with Crippen LogP contribution < -0.4 is 10.6 Å². The van der Waals surface area contributed by atoms with Crippen molar-refractivity contribution in [3.8, 4) is 0 Å². The third-order valence-corrected chi connectivity index (χ3v) is 3.72. The van der Waals surface area contributed by atoms with Crippen molar-refractivity contribution in [3.05, 3.63) is 58.7 Å². The van der Waals surface area contributed by atoms with Gasteiger partial charge in [0, 0.05) is 11.8 Å². The standard InChI is InChI=1S/C18H20ClN3O2/c1-11(2)16(18(24)21-15-8-7-14(19)10-20-15)22-17(23)13-6-4-5-12(3)9-13/h4-11,16H,1-3H3,(H,22,23)(H,20,21,24). The highest BCUT2D eigenvalue weighted by Gasteiger charge is 2.25. The van der Waals surface area contributed by atoms with Gasteiger partial charge in [-0.05, 0) is 37.1 Å². The van der Waals surface area contributed by atoms with Crippen molar-refractivity contribution in [3.63, 3.8) is 0 Å². The van der Waals surface area contributed by atoms with Crippen LogP contribution in [0.25, 0.3) is 0 Å². The smallest absolute Gasteiger partial charge is 0.251 e. The van der Waals surface area contributed by atoms with E-state index in [1.807, 2.05) is 32.9 Å². The molecule has 0 bridgehead atoms. The number of hydrogen-bond acceptors (Lipinski definition) is 3. The number of nitrogens with one attached hydrogen (secondary N) is 2. The van der Waals surface area contributed by atoms with Crippen LogP contribution in [0.4, 0.5) is 5.82 Å². The first-order valence-corrected chi connectivity index (χ1v) is 8.04. The lowest BCUT2D eigenvalue weighted by molar-refractivity contribution is -0.118. The largest absolute Gasteiger partial charge is 0.340 e. The minimum Gasteiger partial charge on any atom is -0.340 e. The molecule has 1 atom stereocenters. The molecule has 0 fully saturated rings. The van der Waals surface area contributed by atoms with E-state index in [0.29, 0.717) is 16.4 Å². The van der Waals surface area contributed by atoms with Crippen molar-refractivity contribution in [2.75, 3.05) is 5.32 Å². The first kappa shape index (κ1) is 17.9. The van der Waals surface area contributed by atoms with Crippen LogP contribution in [-0.4, -0.2) is 22.8 Å². The fraction of sp³-hybridized carbons (Fsp3) is 0.278. The molecule has 2 amide bonds. The number of benzene rings is 1. The van der Waals surface area contributed by atoms with Gasteiger partial charge < -0.3 is 10.6 Å². The molecular formula is C18H20ClN3O2. The maximum atomic E-state index is 12.5. The van der Waals surface area contributed by atoms with Crippen LogP contribution in [0.2, 0.25) is 5.02 Å². The second-order valence-corrected chi connectivity index (χ2v) is 6.35. The molecule has 1 unspecified atom stereocenters. The molecule has 1 heterocycles. The van der Waals surface area contributed by atoms with Crippen LogP contribution >= 0.6 is 11.6 Å². The molecule has 0 saturated heterocycles. The SMILES string of the molecule is Cc1cccc(C(=O)NC(C(=O)Nc2ccc(Cl)cn2)C(C)C)c1. The van der Waals surface area contributed by atoms with Crippen LogP contribution in [0.3, 0.4) is 0 Å². The molecule has 0 saturated carbocycles. The van der Waals surface area contributed by atoms with E-state index in [4.69, 9.17) is 11.6 Å². The van der Waals surface area contributed by atoms with Crippen LogP contribution in [-0.2, 0) is 4.79 Å². The van der Waals surface area contributed by atoms with Gasteiger partial charge in [-0.2, -0.15) is 0 Å². The number of nitrogens with zero attached hydrogens (tertiary/aromatic N) is 1. The lowest BCUT2D eigenvalue weighted by atomic mass is 10.0. The summed E-state index contributed by atoms with van der Waals surface area (Å²) in [7, 11) is 0. The quantitative estimate of drug-likeness (QED) is 0.872. The van der Waals surface area contributed by atoms with Gasteiger partial charge in [0.15, 0.2) is 0 Å². The maximum absolute atomic E-state index is 12.5. The van der Waals surface area contributed by atoms with Crippen molar-refractivity contribution in [1.29, 1.82) is 0 Å². The predicted octanol–water partition coefficient (Wildman–Crippen LogP) is 3.44. The first-order chi connectivity index (χ1) is 11.4. The van der Waals surface area contributed by atoms with E-state index in [2.05, 4.69) is 15.6 Å². The van der Waals surface area contributed by atoms with E-state index < -0.39 is 6.04 Å². The van der Waals surface area contributed by atoms with Crippen molar-refractivity contribution >= 4 is 29.2 Å². The van der Waals surface area contributed by atoms with Gasteiger partial charge in [-0.3, -0.25) is 9.59 Å². The number of hydrogen-bond donors (Lipinski definition) is 2. The summed E-state index contributed by atoms with van der Waals surface area (Å²) in [6.07, 6.45) is 1.45. The maximum Gasteiger partial charge on any atom is 0.251 e. The highest BCUT2D eigenvalue weighted by Crippen LogP contribution is 2.12. The van der Waals surface area contributed by atoms with E-state index in [-0.39, 0.29) is 17.7 Å². The zero-order valence-electron chi connectivity index (χ0n) is 13.8. The molecule has 5 nitrogen and oxygen atoms in total. The minimum atomic E-state index is -0.671. The average molecular weight is 346 g/mol. The van der Waals surface area contributed by atoms with Gasteiger partial charge in [0.05, 0.1) is 5.02 Å². The second kappa shape index (κ2) is 7.93. The number of anilines is 1. The number of carbonyl (C=O) groups is 2. The fourth-order valence-corrected chi connectivity index (χ4v) is 2.31. The molecule has 0 radical (unpaired) electrons. The molecule has 0 spiro atoms. The van der Waals surface area contributed by atoms with Crippen molar-refractivity contribution in [2.24, 2.45) is 5.92 Å². The highest BCUT2D eigenvalue weighted by molar-refractivity contribution is 6.30. The second-order valence-electron chi connectivity index (χ2n) is 5.92. The van der Waals surface area contributed by atoms with Crippen molar-refractivity contribution in [1.82, 2.24) is 10.3 Å². The summed E-state index contributed by atoms with van der Waals surface area (Å²) >= 11 is 5.78. The molecule has 0 aliphatic rings. The van der Waals surface area contributed by atoms with Gasteiger partial charge in [-0.25, -0.2) is 4.98 Å². The van der Waals surface area contributed by atoms with Gasteiger partial charge in [-0.1, -0.05) is 43.1 Å². The van der Waals surface area contributed by atoms with Gasteiger partial charge in [0.1, 0.15) is 11.9 Å². The van der Waals surface area contributed by atoms with Gasteiger partial charge in [0.2, 0.25) is 5.91 Å². The summed E-state index contributed by atoms with van der Waals surface area (Å²) in [5.41, 5.74) is 1.51. The van der Waals surface area contributed by atoms with E-state index in [0.717, 1.165) is 5.56 Å². The minimum absolute atomic E-state index is 0.0777. The summed E-state index contributed by atoms with van der Waals surface area (Å²) in [6, 6.07) is 9.81. The zero-order chi connectivity index (χ0) is 17.7. The topological polar surface area (TPSA) is 71.1 Å². The monoisotopic (exact) mass is 345 g/mol. The number of aromatic nitrogens is 1. The summed E-state index contributed by atoms with van der Waals surface area (Å²) in [4.78, 5) is 28.9. The molecule has 0 aliphatic heterocycles. The number of rotatable bonds is 5. The highest BCUT2D eigenvalue weighted by atomic mass is 35.5. The zero-order valence-corrected chi connectivity index (χ0v) is 14.6. The van der Waals surface area contributed by atoms with Crippen LogP contribution in [0.1, 0.15) is 29.8 Å². The van der Waals surface area contributed by atoms with Crippen LogP contribution in [0.15, 0.2) is 42.6 Å². The number of carbonyl (C=O) groups excluding carboxylic acids is 2. The predicted molar refractivity (Wildman–Crippen MR) is 95.1 cm³/mol. The molecule has 2 rings (SSSR count). The number of pyridine rings is 1. The van der Waals surface area contributed by atoms with Gasteiger partial charge in [0.25, 0.3) is 5.91 Å². The number of amides is 2. The van der Waals surface area contributed by atoms with E-state index in [1.165, 1.54) is 6.20 Å². The lowest BCUT2D eigenvalue weighted by Crippen LogP contribution is -2.47. The summed E-state index contributed by atoms with van der Waals surface area (Å²) in [5.74, 6) is -0.289. The molecule has 1 aromatic carbocycles. The fourth-order valence-electron chi connectivity index (χ4n) is 2.20. The Morgan fingerprint density at radius 1 is 1.17 bits per heavy atom. The molecule has 2 N–H and O–H groups in total. The number of halogens is 1. The van der Waals surface area contributed by atoms with Crippen LogP contribution in [0.5, 0.6) is 0 Å². The molecule has 2 aromatic rings. The number of aryl methyl sites for hydroxylation is 1. The third kappa shape index (κ3) is 4.80. The Kier molecular flexibility index (Phi) is 5.93. The van der Waals surface area contributed by atoms with Crippen LogP contribution in [0, 0.1) is 12.8 Å². The molecule has 0 aliphatic carbocycles. The Morgan fingerprint density at radius 3 is 2.50 bits per heavy atom. The first-order valence-electron chi connectivity index (χ1n) is 7.67. The van der Waals surface area contributed by atoms with E-state index >= 15 is 0 Å². The van der Waals surface area contributed by atoms with Gasteiger partial charge in [-0.15, -0.1) is 0 Å². The lowest BCUT2D eigenvalue weighted by Gasteiger charge is -2.21. The molecule has 24 heavy (non-hydrogen) atoms. The average Bonchev–Trinajstić information content (AvgIpc) is 2.54. The molecule has 126 valence electrons. The normalized spacial score (nSPS) is 11.9. The van der Waals surface area contributed by atoms with Gasteiger partial charge >= 0.3 is 0 Å². The Labute approximate surface area is 146 Å². The molecule has 1 aromatic heterocycles. The Balaban J connectivity index is 2.09. The van der Waals surface area contributed by atoms with E-state index in [9.17, 15) is 9.59 Å². The Morgan fingerprint density at radius 2 is 1.92 bits per heavy atom. The summed E-state index contributed by atoms with van der Waals surface area (Å²) in [6.45, 7) is 5.65. The molecule has 6 heteroatoms. The third-order valence-electron chi connectivity index (χ3n) is 3.49. The Hall–Kier alpha value is -2.40. The summed E-state index contributed by atoms with van der Waals surface area (Å²) < 4.78 is 0. The Bertz CT molecular complexity index is 729. The van der Waals surface area contributed by atoms with E-state index in [1.54, 1.807) is 24.3 Å². The van der Waals surface area contributed by atoms with Crippen molar-refractivity contribution < 1.29 is 9.59 Å². The summed E-state index contributed by atoms with van der Waals surface area (Å²) in [5, 5.41) is 5.97.